The lowest BCUT2D eigenvalue weighted by Crippen LogP contribution is -2.14. The Hall–Kier alpha value is -0.830. The molecule has 1 atom stereocenters. The predicted molar refractivity (Wildman–Crippen MR) is 121 cm³/mol. The zero-order valence-electron chi connectivity index (χ0n) is 19.0. The lowest BCUT2D eigenvalue weighted by Gasteiger charge is -2.17. The van der Waals surface area contributed by atoms with E-state index in [0.717, 1.165) is 6.61 Å². The molecule has 0 heterocycles. The third-order valence-electron chi connectivity index (χ3n) is 5.42. The van der Waals surface area contributed by atoms with E-state index < -0.39 is 0 Å². The molecule has 0 bridgehead atoms. The number of hydrogen-bond donors (Lipinski definition) is 0. The van der Waals surface area contributed by atoms with Crippen molar-refractivity contribution in [1.82, 2.24) is 0 Å². The van der Waals surface area contributed by atoms with Crippen LogP contribution in [0.2, 0.25) is 0 Å². The largest absolute Gasteiger partial charge is 0.460 e. The Morgan fingerprint density at radius 1 is 0.750 bits per heavy atom. The van der Waals surface area contributed by atoms with Crippen LogP contribution >= 0.6 is 0 Å². The Balaban J connectivity index is 3.87. The van der Waals surface area contributed by atoms with Crippen molar-refractivity contribution in [2.75, 3.05) is 19.8 Å². The number of rotatable bonds is 22. The van der Waals surface area contributed by atoms with Gasteiger partial charge in [0.25, 0.3) is 0 Å². The summed E-state index contributed by atoms with van der Waals surface area (Å²) in [5, 5.41) is 0. The first kappa shape index (κ1) is 27.2. The molecule has 0 aromatic carbocycles. The van der Waals surface area contributed by atoms with Crippen LogP contribution < -0.4 is 0 Å². The molecule has 0 aromatic rings. The molecule has 0 aromatic heterocycles. The Morgan fingerprint density at radius 2 is 1.21 bits per heavy atom. The van der Waals surface area contributed by atoms with Crippen molar-refractivity contribution < 1.29 is 14.3 Å². The second-order valence-electron chi connectivity index (χ2n) is 8.13. The minimum Gasteiger partial charge on any atom is -0.460 e. The van der Waals surface area contributed by atoms with Crippen LogP contribution in [-0.4, -0.2) is 25.8 Å². The molecule has 3 heteroatoms. The quantitative estimate of drug-likeness (QED) is 0.107. The summed E-state index contributed by atoms with van der Waals surface area (Å²) < 4.78 is 10.8. The number of hydrogen-bond acceptors (Lipinski definition) is 3. The molecule has 0 fully saturated rings. The highest BCUT2D eigenvalue weighted by atomic mass is 16.6. The molecule has 0 amide bonds. The minimum atomic E-state index is -0.369. The van der Waals surface area contributed by atoms with Crippen LogP contribution in [0.4, 0.5) is 0 Å². The van der Waals surface area contributed by atoms with E-state index >= 15 is 0 Å². The fourth-order valence-corrected chi connectivity index (χ4v) is 3.60. The maximum atomic E-state index is 11.0. The van der Waals surface area contributed by atoms with Gasteiger partial charge in [-0.25, -0.2) is 4.79 Å². The molecule has 28 heavy (non-hydrogen) atoms. The molecular formula is C25H48O3. The van der Waals surface area contributed by atoms with Gasteiger partial charge in [-0.15, -0.1) is 0 Å². The Bertz CT molecular complexity index is 341. The maximum Gasteiger partial charge on any atom is 0.330 e. The molecule has 0 spiro atoms. The number of carbonyl (C=O) groups excluding carboxylic acids is 1. The average molecular weight is 397 g/mol. The second-order valence-corrected chi connectivity index (χ2v) is 8.13. The molecule has 0 aliphatic carbocycles. The predicted octanol–water partition coefficient (Wildman–Crippen LogP) is 7.63. The Kier molecular flexibility index (Phi) is 21.8. The van der Waals surface area contributed by atoms with Gasteiger partial charge in [-0.1, -0.05) is 110 Å². The summed E-state index contributed by atoms with van der Waals surface area (Å²) in [6, 6.07) is 0. The zero-order valence-corrected chi connectivity index (χ0v) is 19.0. The number of unbranched alkanes of at least 4 members (excludes halogenated alkanes) is 12. The first-order valence-corrected chi connectivity index (χ1v) is 12.1. The third-order valence-corrected chi connectivity index (χ3v) is 5.42. The van der Waals surface area contributed by atoms with Crippen LogP contribution in [0.5, 0.6) is 0 Å². The van der Waals surface area contributed by atoms with Gasteiger partial charge in [0, 0.05) is 12.7 Å². The summed E-state index contributed by atoms with van der Waals surface area (Å²) in [4.78, 5) is 11.0. The molecular weight excluding hydrogens is 348 g/mol. The van der Waals surface area contributed by atoms with Gasteiger partial charge in [0.05, 0.1) is 6.61 Å². The zero-order chi connectivity index (χ0) is 20.7. The standard InChI is InChI=1S/C25H48O3/c1-4-7-9-11-13-14-16-18-20-24(19-17-15-12-10-8-5-2)23-27-21-22-28-25(26)6-3/h6,24H,3-5,7-23H2,1-2H3. The normalized spacial score (nSPS) is 12.1. The van der Waals surface area contributed by atoms with Crippen molar-refractivity contribution in [1.29, 1.82) is 0 Å². The molecule has 0 saturated heterocycles. The second kappa shape index (κ2) is 22.5. The molecule has 0 N–H and O–H groups in total. The van der Waals surface area contributed by atoms with Crippen LogP contribution in [0, 0.1) is 5.92 Å². The van der Waals surface area contributed by atoms with Crippen LogP contribution in [0.15, 0.2) is 12.7 Å². The van der Waals surface area contributed by atoms with Crippen molar-refractivity contribution >= 4 is 5.97 Å². The lowest BCUT2D eigenvalue weighted by atomic mass is 9.94. The fourth-order valence-electron chi connectivity index (χ4n) is 3.60. The Morgan fingerprint density at radius 3 is 1.68 bits per heavy atom. The Labute approximate surface area is 175 Å². The molecule has 0 saturated carbocycles. The fraction of sp³-hybridized carbons (Fsp3) is 0.880. The van der Waals surface area contributed by atoms with E-state index in [9.17, 15) is 4.79 Å². The third kappa shape index (κ3) is 19.9. The van der Waals surface area contributed by atoms with E-state index in [-0.39, 0.29) is 5.97 Å². The van der Waals surface area contributed by atoms with Crippen LogP contribution in [0.1, 0.15) is 117 Å². The van der Waals surface area contributed by atoms with E-state index in [0.29, 0.717) is 19.1 Å². The molecule has 3 nitrogen and oxygen atoms in total. The topological polar surface area (TPSA) is 35.5 Å². The first-order chi connectivity index (χ1) is 13.7. The van der Waals surface area contributed by atoms with Gasteiger partial charge >= 0.3 is 5.97 Å². The molecule has 0 radical (unpaired) electrons. The van der Waals surface area contributed by atoms with Crippen molar-refractivity contribution in [3.63, 3.8) is 0 Å². The van der Waals surface area contributed by atoms with Crippen LogP contribution in [-0.2, 0) is 14.3 Å². The van der Waals surface area contributed by atoms with Gasteiger partial charge in [-0.05, 0) is 18.8 Å². The minimum absolute atomic E-state index is 0.326. The highest BCUT2D eigenvalue weighted by molar-refractivity contribution is 5.81. The van der Waals surface area contributed by atoms with Crippen LogP contribution in [0.3, 0.4) is 0 Å². The number of esters is 1. The molecule has 166 valence electrons. The van der Waals surface area contributed by atoms with Crippen molar-refractivity contribution in [2.45, 2.75) is 117 Å². The summed E-state index contributed by atoms with van der Waals surface area (Å²) in [6.07, 6.45) is 22.8. The molecule has 1 unspecified atom stereocenters. The van der Waals surface area contributed by atoms with Gasteiger partial charge < -0.3 is 9.47 Å². The summed E-state index contributed by atoms with van der Waals surface area (Å²) in [5.74, 6) is 0.285. The van der Waals surface area contributed by atoms with E-state index in [1.165, 1.54) is 109 Å². The first-order valence-electron chi connectivity index (χ1n) is 12.1. The summed E-state index contributed by atoms with van der Waals surface area (Å²) in [6.45, 7) is 9.56. The van der Waals surface area contributed by atoms with Gasteiger partial charge in [-0.3, -0.25) is 0 Å². The monoisotopic (exact) mass is 396 g/mol. The highest BCUT2D eigenvalue weighted by Gasteiger charge is 2.09. The molecule has 0 rings (SSSR count). The summed E-state index contributed by atoms with van der Waals surface area (Å²) >= 11 is 0. The average Bonchev–Trinajstić information content (AvgIpc) is 2.71. The van der Waals surface area contributed by atoms with E-state index in [2.05, 4.69) is 20.4 Å². The van der Waals surface area contributed by atoms with Gasteiger partial charge in [0.1, 0.15) is 6.61 Å². The smallest absolute Gasteiger partial charge is 0.330 e. The van der Waals surface area contributed by atoms with E-state index in [4.69, 9.17) is 9.47 Å². The van der Waals surface area contributed by atoms with Gasteiger partial charge in [0.2, 0.25) is 0 Å². The van der Waals surface area contributed by atoms with Crippen LogP contribution in [0.25, 0.3) is 0 Å². The van der Waals surface area contributed by atoms with Crippen molar-refractivity contribution in [2.24, 2.45) is 5.92 Å². The van der Waals surface area contributed by atoms with Gasteiger partial charge in [-0.2, -0.15) is 0 Å². The maximum absolute atomic E-state index is 11.0. The molecule has 0 aliphatic heterocycles. The summed E-state index contributed by atoms with van der Waals surface area (Å²) in [7, 11) is 0. The van der Waals surface area contributed by atoms with Crippen molar-refractivity contribution in [3.8, 4) is 0 Å². The number of carbonyl (C=O) groups is 1. The lowest BCUT2D eigenvalue weighted by molar-refractivity contribution is -0.139. The van der Waals surface area contributed by atoms with E-state index in [1.54, 1.807) is 0 Å². The van der Waals surface area contributed by atoms with Gasteiger partial charge in [0.15, 0.2) is 0 Å². The highest BCUT2D eigenvalue weighted by Crippen LogP contribution is 2.20. The van der Waals surface area contributed by atoms with E-state index in [1.807, 2.05) is 0 Å². The molecule has 0 aliphatic rings. The summed E-state index contributed by atoms with van der Waals surface area (Å²) in [5.41, 5.74) is 0. The van der Waals surface area contributed by atoms with Crippen molar-refractivity contribution in [3.05, 3.63) is 12.7 Å². The SMILES string of the molecule is C=CC(=O)OCCOCC(CCCCCCCC)CCCCCCCCCC. The number of ether oxygens (including phenoxy) is 2.